The van der Waals surface area contributed by atoms with Crippen LogP contribution in [0, 0.1) is 5.92 Å². The van der Waals surface area contributed by atoms with Gasteiger partial charge in [-0.05, 0) is 37.3 Å². The van der Waals surface area contributed by atoms with Crippen LogP contribution >= 0.6 is 11.3 Å². The molecule has 1 aromatic rings. The van der Waals surface area contributed by atoms with Gasteiger partial charge >= 0.3 is 0 Å². The van der Waals surface area contributed by atoms with E-state index in [-0.39, 0.29) is 20.6 Å². The Kier molecular flexibility index (Phi) is 5.25. The zero-order chi connectivity index (χ0) is 18.2. The Labute approximate surface area is 152 Å². The molecule has 1 unspecified atom stereocenters. The molecular weight excluding hydrogens is 384 g/mol. The average Bonchev–Trinajstić information content (AvgIpc) is 3.15. The van der Waals surface area contributed by atoms with E-state index in [0.29, 0.717) is 25.4 Å². The first kappa shape index (κ1) is 18.8. The Hall–Kier alpha value is -0.970. The molecule has 0 saturated carbocycles. The molecule has 10 heteroatoms. The summed E-state index contributed by atoms with van der Waals surface area (Å²) in [6, 6.07) is 2.55. The second-order valence-corrected chi connectivity index (χ2v) is 12.3. The van der Waals surface area contributed by atoms with Gasteiger partial charge in [-0.1, -0.05) is 6.92 Å². The Morgan fingerprint density at radius 1 is 1.24 bits per heavy atom. The Bertz CT molecular complexity index is 851. The van der Waals surface area contributed by atoms with Gasteiger partial charge in [0.1, 0.15) is 4.21 Å². The summed E-state index contributed by atoms with van der Waals surface area (Å²) < 4.78 is 49.9. The van der Waals surface area contributed by atoms with E-state index < -0.39 is 31.8 Å². The van der Waals surface area contributed by atoms with Crippen molar-refractivity contribution in [2.75, 3.05) is 24.6 Å². The monoisotopic (exact) mass is 406 g/mol. The first-order valence-corrected chi connectivity index (χ1v) is 12.4. The standard InChI is InChI=1S/C15H22N2O5S3/c1-11-4-7-17(8-5-11)25(21,22)14-3-2-13(23-14)15(18)16-12-6-9-24(19,20)10-12/h2-3,11-12H,4-10H2,1H3,(H,16,18). The van der Waals surface area contributed by atoms with E-state index in [4.69, 9.17) is 0 Å². The smallest absolute Gasteiger partial charge is 0.261 e. The zero-order valence-electron chi connectivity index (χ0n) is 14.0. The lowest BCUT2D eigenvalue weighted by molar-refractivity contribution is 0.0945. The quantitative estimate of drug-likeness (QED) is 0.807. The van der Waals surface area contributed by atoms with E-state index in [9.17, 15) is 21.6 Å². The molecule has 25 heavy (non-hydrogen) atoms. The number of piperidine rings is 1. The minimum Gasteiger partial charge on any atom is -0.348 e. The molecular formula is C15H22N2O5S3. The molecule has 0 aliphatic carbocycles. The Balaban J connectivity index is 1.68. The molecule has 3 heterocycles. The number of hydrogen-bond acceptors (Lipinski definition) is 6. The van der Waals surface area contributed by atoms with Gasteiger partial charge in [0.15, 0.2) is 9.84 Å². The van der Waals surface area contributed by atoms with Crippen molar-refractivity contribution in [3.8, 4) is 0 Å². The number of carbonyl (C=O) groups is 1. The van der Waals surface area contributed by atoms with E-state index in [1.54, 1.807) is 0 Å². The van der Waals surface area contributed by atoms with Crippen LogP contribution in [0.3, 0.4) is 0 Å². The van der Waals surface area contributed by atoms with Crippen molar-refractivity contribution in [1.82, 2.24) is 9.62 Å². The second kappa shape index (κ2) is 6.98. The molecule has 1 amide bonds. The third kappa shape index (κ3) is 4.24. The summed E-state index contributed by atoms with van der Waals surface area (Å²) in [5.74, 6) is 0.135. The zero-order valence-corrected chi connectivity index (χ0v) is 16.4. The fourth-order valence-electron chi connectivity index (χ4n) is 3.10. The molecule has 1 aromatic heterocycles. The number of rotatable bonds is 4. The van der Waals surface area contributed by atoms with E-state index >= 15 is 0 Å². The van der Waals surface area contributed by atoms with Crippen molar-refractivity contribution in [3.05, 3.63) is 17.0 Å². The number of amides is 1. The van der Waals surface area contributed by atoms with Crippen LogP contribution in [0.5, 0.6) is 0 Å². The Morgan fingerprint density at radius 2 is 1.92 bits per heavy atom. The van der Waals surface area contributed by atoms with Crippen molar-refractivity contribution < 1.29 is 21.6 Å². The van der Waals surface area contributed by atoms with Crippen molar-refractivity contribution >= 4 is 37.1 Å². The van der Waals surface area contributed by atoms with Gasteiger partial charge in [0.05, 0.1) is 16.4 Å². The highest BCUT2D eigenvalue weighted by atomic mass is 32.2. The maximum absolute atomic E-state index is 12.7. The average molecular weight is 407 g/mol. The summed E-state index contributed by atoms with van der Waals surface area (Å²) in [5.41, 5.74) is 0. The number of nitrogens with zero attached hydrogens (tertiary/aromatic N) is 1. The summed E-state index contributed by atoms with van der Waals surface area (Å²) in [6.45, 7) is 3.12. The fourth-order valence-corrected chi connectivity index (χ4v) is 7.61. The fraction of sp³-hybridized carbons (Fsp3) is 0.667. The third-order valence-electron chi connectivity index (χ3n) is 4.71. The van der Waals surface area contributed by atoms with Crippen molar-refractivity contribution in [2.45, 2.75) is 36.4 Å². The van der Waals surface area contributed by atoms with E-state index in [1.165, 1.54) is 16.4 Å². The predicted molar refractivity (Wildman–Crippen MR) is 96.0 cm³/mol. The first-order chi connectivity index (χ1) is 11.7. The molecule has 3 rings (SSSR count). The van der Waals surface area contributed by atoms with Gasteiger partial charge in [0, 0.05) is 19.1 Å². The van der Waals surface area contributed by atoms with Crippen molar-refractivity contribution in [2.24, 2.45) is 5.92 Å². The maximum Gasteiger partial charge on any atom is 0.261 e. The summed E-state index contributed by atoms with van der Waals surface area (Å²) >= 11 is 0.935. The van der Waals surface area contributed by atoms with Gasteiger partial charge < -0.3 is 5.32 Å². The molecule has 0 spiro atoms. The van der Waals surface area contributed by atoms with Gasteiger partial charge in [-0.15, -0.1) is 11.3 Å². The van der Waals surface area contributed by atoms with Crippen LogP contribution in [0.4, 0.5) is 0 Å². The highest BCUT2D eigenvalue weighted by Crippen LogP contribution is 2.28. The van der Waals surface area contributed by atoms with Crippen LogP contribution in [0.15, 0.2) is 16.3 Å². The normalized spacial score (nSPS) is 25.1. The molecule has 2 saturated heterocycles. The van der Waals surface area contributed by atoms with E-state index in [0.717, 1.165) is 24.2 Å². The summed E-state index contributed by atoms with van der Waals surface area (Å²) in [4.78, 5) is 12.6. The Morgan fingerprint density at radius 3 is 2.52 bits per heavy atom. The highest BCUT2D eigenvalue weighted by Gasteiger charge is 2.32. The summed E-state index contributed by atoms with van der Waals surface area (Å²) in [7, 11) is -6.64. The number of hydrogen-bond donors (Lipinski definition) is 1. The number of nitrogens with one attached hydrogen (secondary N) is 1. The summed E-state index contributed by atoms with van der Waals surface area (Å²) in [6.07, 6.45) is 2.08. The SMILES string of the molecule is CC1CCN(S(=O)(=O)c2ccc(C(=O)NC3CCS(=O)(=O)C3)s2)CC1. The minimum absolute atomic E-state index is 0.0543. The largest absolute Gasteiger partial charge is 0.348 e. The molecule has 1 atom stereocenters. The van der Waals surface area contributed by atoms with Crippen molar-refractivity contribution in [1.29, 1.82) is 0 Å². The van der Waals surface area contributed by atoms with Crippen molar-refractivity contribution in [3.63, 3.8) is 0 Å². The highest BCUT2D eigenvalue weighted by molar-refractivity contribution is 7.91. The van der Waals surface area contributed by atoms with Crippen LogP contribution in [-0.2, 0) is 19.9 Å². The van der Waals surface area contributed by atoms with Gasteiger partial charge in [-0.3, -0.25) is 4.79 Å². The van der Waals surface area contributed by atoms with Gasteiger partial charge in [-0.25, -0.2) is 16.8 Å². The van der Waals surface area contributed by atoms with E-state index in [1.807, 2.05) is 0 Å². The number of thiophene rings is 1. The van der Waals surface area contributed by atoms with Crippen LogP contribution in [0.25, 0.3) is 0 Å². The maximum atomic E-state index is 12.7. The van der Waals surface area contributed by atoms with E-state index in [2.05, 4.69) is 12.2 Å². The third-order valence-corrected chi connectivity index (χ3v) is 9.93. The molecule has 2 fully saturated rings. The van der Waals surface area contributed by atoms with Crippen LogP contribution in [-0.4, -0.2) is 57.7 Å². The topological polar surface area (TPSA) is 101 Å². The number of sulfonamides is 1. The van der Waals surface area contributed by atoms with Crippen LogP contribution in [0.1, 0.15) is 35.9 Å². The molecule has 0 bridgehead atoms. The van der Waals surface area contributed by atoms with Gasteiger partial charge in [0.2, 0.25) is 0 Å². The number of sulfone groups is 1. The molecule has 2 aliphatic heterocycles. The molecule has 0 radical (unpaired) electrons. The second-order valence-electron chi connectivity index (χ2n) is 6.78. The van der Waals surface area contributed by atoms with Gasteiger partial charge in [0.25, 0.3) is 15.9 Å². The van der Waals surface area contributed by atoms with Gasteiger partial charge in [-0.2, -0.15) is 4.31 Å². The predicted octanol–water partition coefficient (Wildman–Crippen LogP) is 1.09. The lowest BCUT2D eigenvalue weighted by atomic mass is 10.0. The lowest BCUT2D eigenvalue weighted by Gasteiger charge is -2.28. The first-order valence-electron chi connectivity index (χ1n) is 8.29. The summed E-state index contributed by atoms with van der Waals surface area (Å²) in [5, 5.41) is 2.68. The van der Waals surface area contributed by atoms with Crippen LogP contribution < -0.4 is 5.32 Å². The number of carbonyl (C=O) groups excluding carboxylic acids is 1. The molecule has 1 N–H and O–H groups in total. The van der Waals surface area contributed by atoms with Crippen LogP contribution in [0.2, 0.25) is 0 Å². The molecule has 0 aromatic carbocycles. The minimum atomic E-state index is -3.57. The molecule has 2 aliphatic rings. The molecule has 140 valence electrons. The lowest BCUT2D eigenvalue weighted by Crippen LogP contribution is -2.37. The molecule has 7 nitrogen and oxygen atoms in total.